The molecule has 0 amide bonds. The molecule has 4 rings (SSSR count). The highest BCUT2D eigenvalue weighted by molar-refractivity contribution is 8.12. The first-order valence-electron chi connectivity index (χ1n) is 8.42. The highest BCUT2D eigenvalue weighted by Gasteiger charge is 2.30. The van der Waals surface area contributed by atoms with E-state index < -0.39 is 36.5 Å². The third-order valence-corrected chi connectivity index (χ3v) is 8.04. The molecular formula is C20H11ClNO6S2-. The van der Waals surface area contributed by atoms with Gasteiger partial charge in [-0.15, -0.1) is 0 Å². The van der Waals surface area contributed by atoms with Crippen LogP contribution in [-0.2, 0) is 20.0 Å². The van der Waals surface area contributed by atoms with Gasteiger partial charge in [-0.05, 0) is 42.5 Å². The molecule has 0 N–H and O–H groups in total. The lowest BCUT2D eigenvalue weighted by Gasteiger charge is -2.23. The third kappa shape index (κ3) is 3.46. The Kier molecular flexibility index (Phi) is 4.86. The number of hydrogen-bond acceptors (Lipinski definition) is 6. The van der Waals surface area contributed by atoms with Gasteiger partial charge >= 0.3 is 0 Å². The second-order valence-electron chi connectivity index (χ2n) is 6.39. The molecule has 0 saturated carbocycles. The molecule has 1 aliphatic rings. The van der Waals surface area contributed by atoms with Crippen LogP contribution in [0, 0.1) is 0 Å². The van der Waals surface area contributed by atoms with Gasteiger partial charge in [0, 0.05) is 37.1 Å². The normalized spacial score (nSPS) is 13.6. The minimum Gasteiger partial charge on any atom is -0.428 e. The molecule has 3 aromatic rings. The number of benzene rings is 3. The number of fused-ring (bicyclic) bond motifs is 2. The van der Waals surface area contributed by atoms with Crippen LogP contribution < -0.4 is 0 Å². The maximum atomic E-state index is 12.8. The van der Waals surface area contributed by atoms with Crippen molar-refractivity contribution in [2.75, 3.05) is 0 Å². The standard InChI is InChI=1S/C20H11ClNO6S2/c21-12-5-7-13(8-6-12)29(25,26)22-30(27,28)14-9-10-17-18(11-14)20(24)16-4-2-1-3-15(16)19(17)23/h1-11H/q-1. The summed E-state index contributed by atoms with van der Waals surface area (Å²) in [4.78, 5) is 24.5. The molecule has 0 bridgehead atoms. The van der Waals surface area contributed by atoms with Crippen molar-refractivity contribution >= 4 is 43.2 Å². The lowest BCUT2D eigenvalue weighted by atomic mass is 9.84. The van der Waals surface area contributed by atoms with Gasteiger partial charge in [0.1, 0.15) is 20.0 Å². The molecule has 1 aliphatic carbocycles. The van der Waals surface area contributed by atoms with Crippen LogP contribution in [-0.4, -0.2) is 28.4 Å². The summed E-state index contributed by atoms with van der Waals surface area (Å²) < 4.78 is 53.1. The fourth-order valence-electron chi connectivity index (χ4n) is 3.06. The summed E-state index contributed by atoms with van der Waals surface area (Å²) >= 11 is 5.72. The SMILES string of the molecule is O=C1c2ccccc2C(=O)c2cc(S(=O)(=O)[N-]S(=O)(=O)c3ccc(Cl)cc3)ccc21. The third-order valence-electron chi connectivity index (χ3n) is 4.50. The Labute approximate surface area is 177 Å². The van der Waals surface area contributed by atoms with Gasteiger partial charge in [-0.3, -0.25) is 9.59 Å². The van der Waals surface area contributed by atoms with E-state index in [1.165, 1.54) is 30.3 Å². The van der Waals surface area contributed by atoms with Gasteiger partial charge in [-0.2, -0.15) is 0 Å². The quantitative estimate of drug-likeness (QED) is 0.459. The predicted octanol–water partition coefficient (Wildman–Crippen LogP) is 3.57. The average molecular weight is 461 g/mol. The van der Waals surface area contributed by atoms with Gasteiger partial charge in [0.05, 0.1) is 0 Å². The summed E-state index contributed by atoms with van der Waals surface area (Å²) in [6.07, 6.45) is 0. The zero-order valence-corrected chi connectivity index (χ0v) is 17.3. The number of carbonyl (C=O) groups is 2. The van der Waals surface area contributed by atoms with Crippen molar-refractivity contribution in [3.05, 3.63) is 98.1 Å². The van der Waals surface area contributed by atoms with Gasteiger partial charge in [-0.25, -0.2) is 16.8 Å². The zero-order valence-electron chi connectivity index (χ0n) is 14.9. The monoisotopic (exact) mass is 460 g/mol. The number of hydrogen-bond donors (Lipinski definition) is 0. The first-order valence-corrected chi connectivity index (χ1v) is 11.7. The first kappa shape index (κ1) is 20.4. The minimum absolute atomic E-state index is 0.0400. The van der Waals surface area contributed by atoms with E-state index in [2.05, 4.69) is 4.13 Å². The summed E-state index contributed by atoms with van der Waals surface area (Å²) in [5.41, 5.74) is 0.285. The van der Waals surface area contributed by atoms with Crippen molar-refractivity contribution in [1.82, 2.24) is 0 Å². The van der Waals surface area contributed by atoms with Crippen LogP contribution >= 0.6 is 11.6 Å². The van der Waals surface area contributed by atoms with E-state index >= 15 is 0 Å². The molecule has 10 heteroatoms. The molecule has 30 heavy (non-hydrogen) atoms. The number of ketones is 2. The van der Waals surface area contributed by atoms with E-state index in [1.54, 1.807) is 12.1 Å². The largest absolute Gasteiger partial charge is 0.428 e. The topological polar surface area (TPSA) is 117 Å². The molecule has 0 radical (unpaired) electrons. The van der Waals surface area contributed by atoms with Gasteiger partial charge in [0.15, 0.2) is 11.6 Å². The van der Waals surface area contributed by atoms with Crippen molar-refractivity contribution in [3.63, 3.8) is 0 Å². The smallest absolute Gasteiger partial charge is 0.194 e. The van der Waals surface area contributed by atoms with Gasteiger partial charge in [0.2, 0.25) is 0 Å². The van der Waals surface area contributed by atoms with Crippen molar-refractivity contribution < 1.29 is 26.4 Å². The summed E-state index contributed by atoms with van der Waals surface area (Å²) in [6.45, 7) is 0. The molecule has 152 valence electrons. The van der Waals surface area contributed by atoms with E-state index in [0.717, 1.165) is 24.3 Å². The summed E-state index contributed by atoms with van der Waals surface area (Å²) in [6, 6.07) is 14.2. The predicted molar refractivity (Wildman–Crippen MR) is 109 cm³/mol. The van der Waals surface area contributed by atoms with Gasteiger partial charge < -0.3 is 4.13 Å². The van der Waals surface area contributed by atoms with E-state index in [0.29, 0.717) is 0 Å². The van der Waals surface area contributed by atoms with E-state index in [-0.39, 0.29) is 32.2 Å². The second-order valence-corrected chi connectivity index (χ2v) is 10.3. The van der Waals surface area contributed by atoms with Crippen molar-refractivity contribution in [1.29, 1.82) is 0 Å². The summed E-state index contributed by atoms with van der Waals surface area (Å²) in [5, 5.41) is 0.273. The molecule has 0 saturated heterocycles. The average Bonchev–Trinajstić information content (AvgIpc) is 2.71. The maximum Gasteiger partial charge on any atom is 0.194 e. The lowest BCUT2D eigenvalue weighted by Crippen LogP contribution is -2.21. The summed E-state index contributed by atoms with van der Waals surface area (Å²) in [7, 11) is -9.24. The Hall–Kier alpha value is -2.85. The molecular weight excluding hydrogens is 450 g/mol. The molecule has 0 spiro atoms. The minimum atomic E-state index is -4.69. The van der Waals surface area contributed by atoms with E-state index in [9.17, 15) is 26.4 Å². The van der Waals surface area contributed by atoms with Crippen LogP contribution in [0.1, 0.15) is 31.8 Å². The molecule has 0 aliphatic heterocycles. The van der Waals surface area contributed by atoms with Crippen LogP contribution in [0.5, 0.6) is 0 Å². The Morgan fingerprint density at radius 2 is 1.07 bits per heavy atom. The Balaban J connectivity index is 1.74. The van der Waals surface area contributed by atoms with Crippen LogP contribution in [0.2, 0.25) is 5.02 Å². The Bertz CT molecular complexity index is 1430. The van der Waals surface area contributed by atoms with Crippen molar-refractivity contribution in [2.24, 2.45) is 0 Å². The van der Waals surface area contributed by atoms with E-state index in [1.807, 2.05) is 0 Å². The fraction of sp³-hybridized carbons (Fsp3) is 0. The van der Waals surface area contributed by atoms with Crippen LogP contribution in [0.25, 0.3) is 4.13 Å². The number of halogens is 1. The molecule has 0 fully saturated rings. The molecule has 0 aromatic heterocycles. The molecule has 0 unspecified atom stereocenters. The Morgan fingerprint density at radius 3 is 1.67 bits per heavy atom. The number of nitrogens with zero attached hydrogens (tertiary/aromatic N) is 1. The Morgan fingerprint density at radius 1 is 0.600 bits per heavy atom. The first-order chi connectivity index (χ1) is 14.1. The van der Waals surface area contributed by atoms with Gasteiger partial charge in [0.25, 0.3) is 0 Å². The second kappa shape index (κ2) is 7.13. The number of sulfonamides is 2. The highest BCUT2D eigenvalue weighted by Crippen LogP contribution is 2.32. The number of rotatable bonds is 4. The molecule has 0 atom stereocenters. The van der Waals surface area contributed by atoms with Crippen molar-refractivity contribution in [2.45, 2.75) is 9.79 Å². The fourth-order valence-corrected chi connectivity index (χ4v) is 5.90. The lowest BCUT2D eigenvalue weighted by molar-refractivity contribution is 0.0979. The van der Waals surface area contributed by atoms with E-state index in [4.69, 9.17) is 11.6 Å². The summed E-state index contributed by atoms with van der Waals surface area (Å²) in [5.74, 6) is -0.951. The zero-order chi connectivity index (χ0) is 21.7. The maximum absolute atomic E-state index is 12.8. The highest BCUT2D eigenvalue weighted by atomic mass is 35.5. The van der Waals surface area contributed by atoms with Crippen LogP contribution in [0.3, 0.4) is 0 Å². The van der Waals surface area contributed by atoms with Crippen LogP contribution in [0.15, 0.2) is 76.5 Å². The molecule has 0 heterocycles. The van der Waals surface area contributed by atoms with Crippen molar-refractivity contribution in [3.8, 4) is 0 Å². The number of carbonyl (C=O) groups excluding carboxylic acids is 2. The molecule has 7 nitrogen and oxygen atoms in total. The van der Waals surface area contributed by atoms with Crippen LogP contribution in [0.4, 0.5) is 0 Å². The van der Waals surface area contributed by atoms with Gasteiger partial charge in [-0.1, -0.05) is 35.9 Å². The molecule has 3 aromatic carbocycles.